The number of aryl methyl sites for hydroxylation is 1. The van der Waals surface area contributed by atoms with Crippen molar-refractivity contribution in [2.75, 3.05) is 6.61 Å². The average Bonchev–Trinajstić information content (AvgIpc) is 3.34. The second-order valence-corrected chi connectivity index (χ2v) is 8.81. The van der Waals surface area contributed by atoms with Crippen LogP contribution in [0.25, 0.3) is 0 Å². The number of rotatable bonds is 7. The second-order valence-electron chi connectivity index (χ2n) is 6.73. The molecule has 1 aromatic heterocycles. The second kappa shape index (κ2) is 9.22. The molecule has 0 spiro atoms. The van der Waals surface area contributed by atoms with Crippen LogP contribution >= 0.6 is 23.1 Å². The van der Waals surface area contributed by atoms with Crippen molar-refractivity contribution in [1.82, 2.24) is 10.3 Å². The number of nitriles is 1. The van der Waals surface area contributed by atoms with Gasteiger partial charge in [0.15, 0.2) is 6.61 Å². The molecule has 0 aliphatic heterocycles. The van der Waals surface area contributed by atoms with Crippen molar-refractivity contribution < 1.29 is 14.3 Å². The minimum atomic E-state index is -0.816. The van der Waals surface area contributed by atoms with Crippen LogP contribution in [0.1, 0.15) is 47.3 Å². The van der Waals surface area contributed by atoms with Crippen molar-refractivity contribution in [2.45, 2.75) is 48.2 Å². The van der Waals surface area contributed by atoms with E-state index in [0.29, 0.717) is 24.2 Å². The molecule has 2 aromatic rings. The number of hydrogen-bond donors (Lipinski definition) is 1. The third-order valence-electron chi connectivity index (χ3n) is 4.57. The fourth-order valence-electron chi connectivity index (χ4n) is 3.14. The Balaban J connectivity index is 1.57. The van der Waals surface area contributed by atoms with E-state index in [1.165, 1.54) is 0 Å². The first kappa shape index (κ1) is 20.4. The third-order valence-corrected chi connectivity index (χ3v) is 6.76. The van der Waals surface area contributed by atoms with Crippen LogP contribution in [-0.4, -0.2) is 29.0 Å². The maximum atomic E-state index is 12.5. The first-order valence-corrected chi connectivity index (χ1v) is 10.9. The Bertz CT molecular complexity index is 898. The number of aromatic nitrogens is 1. The molecule has 0 atom stereocenters. The summed E-state index contributed by atoms with van der Waals surface area (Å²) in [7, 11) is 0. The van der Waals surface area contributed by atoms with Crippen molar-refractivity contribution in [2.24, 2.45) is 0 Å². The summed E-state index contributed by atoms with van der Waals surface area (Å²) in [6.45, 7) is 1.55. The lowest BCUT2D eigenvalue weighted by Crippen LogP contribution is -2.46. The number of esters is 1. The predicted molar refractivity (Wildman–Crippen MR) is 108 cm³/mol. The first-order valence-electron chi connectivity index (χ1n) is 9.03. The maximum Gasteiger partial charge on any atom is 0.338 e. The fourth-order valence-corrected chi connectivity index (χ4v) is 4.99. The first-order chi connectivity index (χ1) is 13.5. The molecule has 1 saturated carbocycles. The normalized spacial score (nSPS) is 15.0. The standard InChI is InChI=1S/C20H21N3O3S2/c1-14-11-27-19(22-14)28-12-15-6-2-3-7-16(15)18(25)26-10-17(24)23-20(13-21)8-4-5-9-20/h2-3,6-7,11H,4-5,8-10,12H2,1H3,(H,23,24). The number of carbonyl (C=O) groups is 2. The van der Waals surface area contributed by atoms with Gasteiger partial charge in [-0.25, -0.2) is 9.78 Å². The highest BCUT2D eigenvalue weighted by atomic mass is 32.2. The minimum absolute atomic E-state index is 0.393. The molecule has 0 unspecified atom stereocenters. The Morgan fingerprint density at radius 1 is 1.36 bits per heavy atom. The minimum Gasteiger partial charge on any atom is -0.452 e. The van der Waals surface area contributed by atoms with E-state index in [0.717, 1.165) is 28.4 Å². The van der Waals surface area contributed by atoms with E-state index >= 15 is 0 Å². The molecule has 146 valence electrons. The van der Waals surface area contributed by atoms with Gasteiger partial charge in [0.1, 0.15) is 9.88 Å². The van der Waals surface area contributed by atoms with Gasteiger partial charge in [-0.15, -0.1) is 11.3 Å². The van der Waals surface area contributed by atoms with Crippen LogP contribution in [0.15, 0.2) is 34.0 Å². The molecule has 1 amide bonds. The summed E-state index contributed by atoms with van der Waals surface area (Å²) in [5, 5.41) is 14.0. The lowest BCUT2D eigenvalue weighted by molar-refractivity contribution is -0.125. The van der Waals surface area contributed by atoms with Crippen LogP contribution in [0.4, 0.5) is 0 Å². The summed E-state index contributed by atoms with van der Waals surface area (Å²) < 4.78 is 6.15. The smallest absolute Gasteiger partial charge is 0.338 e. The molecule has 28 heavy (non-hydrogen) atoms. The van der Waals surface area contributed by atoms with Crippen LogP contribution in [0.2, 0.25) is 0 Å². The van der Waals surface area contributed by atoms with Gasteiger partial charge >= 0.3 is 5.97 Å². The Kier molecular flexibility index (Phi) is 6.70. The molecular weight excluding hydrogens is 394 g/mol. The summed E-state index contributed by atoms with van der Waals surface area (Å²) in [5.74, 6) is -0.400. The summed E-state index contributed by atoms with van der Waals surface area (Å²) in [6, 6.07) is 9.38. The lowest BCUT2D eigenvalue weighted by Gasteiger charge is -2.21. The summed E-state index contributed by atoms with van der Waals surface area (Å²) in [6.07, 6.45) is 3.10. The number of carbonyl (C=O) groups excluding carboxylic acids is 2. The molecule has 1 N–H and O–H groups in total. The van der Waals surface area contributed by atoms with Crippen LogP contribution in [0.5, 0.6) is 0 Å². The molecule has 3 rings (SSSR count). The van der Waals surface area contributed by atoms with E-state index in [1.54, 1.807) is 35.2 Å². The third kappa shape index (κ3) is 5.12. The van der Waals surface area contributed by atoms with E-state index in [2.05, 4.69) is 16.4 Å². The number of benzene rings is 1. The topological polar surface area (TPSA) is 92.1 Å². The van der Waals surface area contributed by atoms with Gasteiger partial charge in [-0.1, -0.05) is 30.0 Å². The molecule has 1 aliphatic carbocycles. The van der Waals surface area contributed by atoms with Crippen LogP contribution in [0, 0.1) is 18.3 Å². The van der Waals surface area contributed by atoms with Gasteiger partial charge in [-0.2, -0.15) is 5.26 Å². The molecule has 6 nitrogen and oxygen atoms in total. The molecule has 8 heteroatoms. The van der Waals surface area contributed by atoms with Gasteiger partial charge in [0.2, 0.25) is 0 Å². The number of nitrogens with one attached hydrogen (secondary N) is 1. The van der Waals surface area contributed by atoms with Gasteiger partial charge in [0, 0.05) is 16.8 Å². The largest absolute Gasteiger partial charge is 0.452 e. The summed E-state index contributed by atoms with van der Waals surface area (Å²) >= 11 is 3.13. The Morgan fingerprint density at radius 3 is 2.79 bits per heavy atom. The van der Waals surface area contributed by atoms with E-state index in [9.17, 15) is 14.9 Å². The van der Waals surface area contributed by atoms with Crippen molar-refractivity contribution in [3.05, 3.63) is 46.5 Å². The van der Waals surface area contributed by atoms with E-state index < -0.39 is 24.0 Å². The van der Waals surface area contributed by atoms with Crippen LogP contribution in [0.3, 0.4) is 0 Å². The Hall–Kier alpha value is -2.37. The van der Waals surface area contributed by atoms with Gasteiger partial charge in [0.05, 0.1) is 11.6 Å². The number of thioether (sulfide) groups is 1. The summed E-state index contributed by atoms with van der Waals surface area (Å²) in [4.78, 5) is 29.0. The monoisotopic (exact) mass is 415 g/mol. The van der Waals surface area contributed by atoms with E-state index in [1.807, 2.05) is 24.4 Å². The summed E-state index contributed by atoms with van der Waals surface area (Å²) in [5.41, 5.74) is 1.43. The molecule has 1 heterocycles. The SMILES string of the molecule is Cc1csc(SCc2ccccc2C(=O)OCC(=O)NC2(C#N)CCCC2)n1. The van der Waals surface area contributed by atoms with Gasteiger partial charge in [0.25, 0.3) is 5.91 Å². The number of hydrogen-bond acceptors (Lipinski definition) is 7. The highest BCUT2D eigenvalue weighted by Gasteiger charge is 2.35. The molecule has 1 aromatic carbocycles. The number of nitrogens with zero attached hydrogens (tertiary/aromatic N) is 2. The highest BCUT2D eigenvalue weighted by molar-refractivity contribution is 8.00. The zero-order valence-electron chi connectivity index (χ0n) is 15.6. The molecule has 0 saturated heterocycles. The Labute approximate surface area is 172 Å². The zero-order valence-corrected chi connectivity index (χ0v) is 17.2. The number of ether oxygens (including phenoxy) is 1. The lowest BCUT2D eigenvalue weighted by atomic mass is 10.00. The molecule has 1 fully saturated rings. The Morgan fingerprint density at radius 2 is 2.11 bits per heavy atom. The van der Waals surface area contributed by atoms with Gasteiger partial charge in [-0.3, -0.25) is 4.79 Å². The van der Waals surface area contributed by atoms with Crippen molar-refractivity contribution >= 4 is 35.0 Å². The van der Waals surface area contributed by atoms with E-state index in [4.69, 9.17) is 4.74 Å². The molecule has 0 bridgehead atoms. The maximum absolute atomic E-state index is 12.5. The highest BCUT2D eigenvalue weighted by Crippen LogP contribution is 2.29. The van der Waals surface area contributed by atoms with Crippen LogP contribution < -0.4 is 5.32 Å². The van der Waals surface area contributed by atoms with Crippen molar-refractivity contribution in [1.29, 1.82) is 5.26 Å². The number of thiazole rings is 1. The average molecular weight is 416 g/mol. The molecule has 0 radical (unpaired) electrons. The quantitative estimate of drug-likeness (QED) is 0.545. The van der Waals surface area contributed by atoms with E-state index in [-0.39, 0.29) is 0 Å². The van der Waals surface area contributed by atoms with Crippen molar-refractivity contribution in [3.63, 3.8) is 0 Å². The fraction of sp³-hybridized carbons (Fsp3) is 0.400. The van der Waals surface area contributed by atoms with Gasteiger partial charge in [-0.05, 0) is 44.2 Å². The predicted octanol–water partition coefficient (Wildman–Crippen LogP) is 3.85. The molecular formula is C20H21N3O3S2. The van der Waals surface area contributed by atoms with Crippen LogP contribution in [-0.2, 0) is 15.3 Å². The van der Waals surface area contributed by atoms with Gasteiger partial charge < -0.3 is 10.1 Å². The molecule has 1 aliphatic rings. The van der Waals surface area contributed by atoms with Crippen molar-refractivity contribution in [3.8, 4) is 6.07 Å². The zero-order chi connectivity index (χ0) is 20.0. The number of amides is 1.